The third-order valence-electron chi connectivity index (χ3n) is 4.00. The maximum atomic E-state index is 13.0. The van der Waals surface area contributed by atoms with Crippen molar-refractivity contribution in [2.45, 2.75) is 51.8 Å². The summed E-state index contributed by atoms with van der Waals surface area (Å²) >= 11 is 0. The standard InChI is InChI=1S/C19H27N3O4/c1-13(21-18(25)26-19(2,3)4)17(24)22-11-10-20-16(23)12-15(22)14-8-6-5-7-9-14/h5-9,13,15H,10-12H2,1-4H3,(H,20,23)(H,21,25)/t13-,15-/m0/s1. The van der Waals surface area contributed by atoms with Crippen molar-refractivity contribution in [3.63, 3.8) is 0 Å². The van der Waals surface area contributed by atoms with E-state index >= 15 is 0 Å². The average Bonchev–Trinajstić information content (AvgIpc) is 2.74. The molecule has 1 heterocycles. The summed E-state index contributed by atoms with van der Waals surface area (Å²) in [6, 6.07) is 8.31. The molecule has 1 aromatic rings. The molecule has 0 spiro atoms. The highest BCUT2D eigenvalue weighted by molar-refractivity contribution is 5.87. The second-order valence-corrected chi connectivity index (χ2v) is 7.38. The Morgan fingerprint density at radius 3 is 2.54 bits per heavy atom. The number of benzene rings is 1. The van der Waals surface area contributed by atoms with Crippen molar-refractivity contribution in [2.24, 2.45) is 0 Å². The van der Waals surface area contributed by atoms with Crippen LogP contribution in [0.25, 0.3) is 0 Å². The molecule has 142 valence electrons. The first-order valence-electron chi connectivity index (χ1n) is 8.79. The zero-order valence-electron chi connectivity index (χ0n) is 15.7. The number of hydrogen-bond acceptors (Lipinski definition) is 4. The Hall–Kier alpha value is -2.57. The molecule has 1 aromatic carbocycles. The van der Waals surface area contributed by atoms with Crippen LogP contribution in [0.1, 0.15) is 45.7 Å². The van der Waals surface area contributed by atoms with E-state index in [0.29, 0.717) is 13.1 Å². The number of carbonyl (C=O) groups excluding carboxylic acids is 3. The van der Waals surface area contributed by atoms with Crippen LogP contribution < -0.4 is 10.6 Å². The summed E-state index contributed by atoms with van der Waals surface area (Å²) < 4.78 is 5.21. The Morgan fingerprint density at radius 1 is 1.27 bits per heavy atom. The van der Waals surface area contributed by atoms with Crippen LogP contribution in [-0.4, -0.2) is 47.5 Å². The molecule has 2 rings (SSSR count). The monoisotopic (exact) mass is 361 g/mol. The Kier molecular flexibility index (Phi) is 6.23. The Balaban J connectivity index is 2.15. The van der Waals surface area contributed by atoms with Gasteiger partial charge in [-0.15, -0.1) is 0 Å². The first-order valence-corrected chi connectivity index (χ1v) is 8.79. The first kappa shape index (κ1) is 19.8. The largest absolute Gasteiger partial charge is 0.444 e. The van der Waals surface area contributed by atoms with E-state index < -0.39 is 17.7 Å². The van der Waals surface area contributed by atoms with Crippen LogP contribution in [0.4, 0.5) is 4.79 Å². The molecule has 0 bridgehead atoms. The molecule has 26 heavy (non-hydrogen) atoms. The van der Waals surface area contributed by atoms with Crippen LogP contribution in [0, 0.1) is 0 Å². The van der Waals surface area contributed by atoms with Crippen molar-refractivity contribution in [3.05, 3.63) is 35.9 Å². The molecule has 0 aliphatic carbocycles. The molecule has 1 saturated heterocycles. The van der Waals surface area contributed by atoms with E-state index in [0.717, 1.165) is 5.56 Å². The predicted molar refractivity (Wildman–Crippen MR) is 97.4 cm³/mol. The molecule has 1 aliphatic rings. The molecule has 2 N–H and O–H groups in total. The van der Waals surface area contributed by atoms with Crippen molar-refractivity contribution in [1.82, 2.24) is 15.5 Å². The number of carbonyl (C=O) groups is 3. The smallest absolute Gasteiger partial charge is 0.408 e. The fourth-order valence-corrected chi connectivity index (χ4v) is 2.86. The highest BCUT2D eigenvalue weighted by Gasteiger charge is 2.33. The van der Waals surface area contributed by atoms with Gasteiger partial charge in [-0.2, -0.15) is 0 Å². The molecule has 1 fully saturated rings. The van der Waals surface area contributed by atoms with Crippen molar-refractivity contribution >= 4 is 17.9 Å². The lowest BCUT2D eigenvalue weighted by Crippen LogP contribution is -2.49. The first-order chi connectivity index (χ1) is 12.2. The number of nitrogens with zero attached hydrogens (tertiary/aromatic N) is 1. The minimum absolute atomic E-state index is 0.0955. The van der Waals surface area contributed by atoms with Gasteiger partial charge in [0.2, 0.25) is 11.8 Å². The second kappa shape index (κ2) is 8.21. The Labute approximate surface area is 154 Å². The lowest BCUT2D eigenvalue weighted by molar-refractivity contribution is -0.135. The fraction of sp³-hybridized carbons (Fsp3) is 0.526. The number of amides is 3. The molecule has 7 heteroatoms. The summed E-state index contributed by atoms with van der Waals surface area (Å²) in [5.41, 5.74) is 0.251. The normalized spacial score (nSPS) is 19.2. The third-order valence-corrected chi connectivity index (χ3v) is 4.00. The molecular weight excluding hydrogens is 334 g/mol. The minimum atomic E-state index is -0.760. The van der Waals surface area contributed by atoms with Gasteiger partial charge in [0.1, 0.15) is 11.6 Å². The lowest BCUT2D eigenvalue weighted by Gasteiger charge is -2.32. The maximum Gasteiger partial charge on any atom is 0.408 e. The molecule has 2 atom stereocenters. The van der Waals surface area contributed by atoms with E-state index in [2.05, 4.69) is 10.6 Å². The van der Waals surface area contributed by atoms with Gasteiger partial charge >= 0.3 is 6.09 Å². The Bertz CT molecular complexity index is 654. The number of hydrogen-bond donors (Lipinski definition) is 2. The third kappa shape index (κ3) is 5.47. The van der Waals surface area contributed by atoms with E-state index in [-0.39, 0.29) is 24.3 Å². The quantitative estimate of drug-likeness (QED) is 0.862. The predicted octanol–water partition coefficient (Wildman–Crippen LogP) is 1.99. The van der Waals surface area contributed by atoms with Crippen molar-refractivity contribution in [3.8, 4) is 0 Å². The molecule has 0 aromatic heterocycles. The summed E-state index contributed by atoms with van der Waals surface area (Å²) in [7, 11) is 0. The topological polar surface area (TPSA) is 87.7 Å². The van der Waals surface area contributed by atoms with Gasteiger partial charge in [-0.3, -0.25) is 9.59 Å². The van der Waals surface area contributed by atoms with Gasteiger partial charge in [-0.25, -0.2) is 4.79 Å². The fourth-order valence-electron chi connectivity index (χ4n) is 2.86. The Morgan fingerprint density at radius 2 is 1.92 bits per heavy atom. The van der Waals surface area contributed by atoms with Crippen LogP contribution in [0.15, 0.2) is 30.3 Å². The number of rotatable bonds is 3. The summed E-state index contributed by atoms with van der Waals surface area (Å²) in [6.45, 7) is 7.66. The van der Waals surface area contributed by atoms with Crippen LogP contribution in [0.3, 0.4) is 0 Å². The van der Waals surface area contributed by atoms with Gasteiger partial charge in [-0.1, -0.05) is 30.3 Å². The van der Waals surface area contributed by atoms with Crippen LogP contribution in [0.5, 0.6) is 0 Å². The highest BCUT2D eigenvalue weighted by Crippen LogP contribution is 2.26. The van der Waals surface area contributed by atoms with E-state index in [1.54, 1.807) is 32.6 Å². The van der Waals surface area contributed by atoms with Gasteiger partial charge in [0.15, 0.2) is 0 Å². The molecular formula is C19H27N3O4. The van der Waals surface area contributed by atoms with E-state index in [9.17, 15) is 14.4 Å². The average molecular weight is 361 g/mol. The zero-order chi connectivity index (χ0) is 19.3. The molecule has 0 unspecified atom stereocenters. The molecule has 3 amide bonds. The molecule has 0 saturated carbocycles. The van der Waals surface area contributed by atoms with Gasteiger partial charge in [0.25, 0.3) is 0 Å². The summed E-state index contributed by atoms with van der Waals surface area (Å²) in [5.74, 6) is -0.344. The van der Waals surface area contributed by atoms with E-state index in [4.69, 9.17) is 4.74 Å². The SMILES string of the molecule is C[C@H](NC(=O)OC(C)(C)C)C(=O)N1CCNC(=O)C[C@H]1c1ccccc1. The highest BCUT2D eigenvalue weighted by atomic mass is 16.6. The molecule has 1 aliphatic heterocycles. The van der Waals surface area contributed by atoms with Gasteiger partial charge in [-0.05, 0) is 33.3 Å². The maximum absolute atomic E-state index is 13.0. The van der Waals surface area contributed by atoms with E-state index in [1.165, 1.54) is 0 Å². The molecule has 0 radical (unpaired) electrons. The van der Waals surface area contributed by atoms with Gasteiger partial charge in [0.05, 0.1) is 12.5 Å². The van der Waals surface area contributed by atoms with Gasteiger partial charge < -0.3 is 20.3 Å². The van der Waals surface area contributed by atoms with Crippen LogP contribution in [0.2, 0.25) is 0 Å². The summed E-state index contributed by atoms with van der Waals surface area (Å²) in [5, 5.41) is 5.37. The van der Waals surface area contributed by atoms with Crippen LogP contribution in [-0.2, 0) is 14.3 Å². The number of alkyl carbamates (subject to hydrolysis) is 1. The summed E-state index contributed by atoms with van der Waals surface area (Å²) in [6.07, 6.45) is -0.451. The van der Waals surface area contributed by atoms with Gasteiger partial charge in [0, 0.05) is 13.1 Å². The minimum Gasteiger partial charge on any atom is -0.444 e. The molecule has 7 nitrogen and oxygen atoms in total. The number of nitrogens with one attached hydrogen (secondary N) is 2. The lowest BCUT2D eigenvalue weighted by atomic mass is 10.0. The number of ether oxygens (including phenoxy) is 1. The summed E-state index contributed by atoms with van der Waals surface area (Å²) in [4.78, 5) is 38.6. The second-order valence-electron chi connectivity index (χ2n) is 7.38. The van der Waals surface area contributed by atoms with Crippen LogP contribution >= 0.6 is 0 Å². The zero-order valence-corrected chi connectivity index (χ0v) is 15.7. The van der Waals surface area contributed by atoms with Crippen molar-refractivity contribution < 1.29 is 19.1 Å². The van der Waals surface area contributed by atoms with E-state index in [1.807, 2.05) is 30.3 Å². The van der Waals surface area contributed by atoms with Crippen molar-refractivity contribution in [1.29, 1.82) is 0 Å². The van der Waals surface area contributed by atoms with Crippen molar-refractivity contribution in [2.75, 3.05) is 13.1 Å².